The first-order valence-electron chi connectivity index (χ1n) is 7.02. The van der Waals surface area contributed by atoms with Gasteiger partial charge in [0.15, 0.2) is 0 Å². The zero-order valence-corrected chi connectivity index (χ0v) is 14.0. The molecule has 2 rings (SSSR count). The van der Waals surface area contributed by atoms with Crippen molar-refractivity contribution in [3.8, 4) is 0 Å². The molecule has 1 N–H and O–H groups in total. The second-order valence-electron chi connectivity index (χ2n) is 5.17. The smallest absolute Gasteiger partial charge is 0.325 e. The average molecular weight is 344 g/mol. The summed E-state index contributed by atoms with van der Waals surface area (Å²) in [6, 6.07) is 2.62. The molecule has 0 spiro atoms. The fourth-order valence-electron chi connectivity index (χ4n) is 2.23. The van der Waals surface area contributed by atoms with E-state index in [4.69, 9.17) is 11.6 Å². The summed E-state index contributed by atoms with van der Waals surface area (Å²) in [5.74, 6) is -0.613. The summed E-state index contributed by atoms with van der Waals surface area (Å²) >= 11 is 7.25. The molecule has 6 nitrogen and oxygen atoms in total. The van der Waals surface area contributed by atoms with Crippen LogP contribution in [0.5, 0.6) is 0 Å². The van der Waals surface area contributed by atoms with Crippen molar-refractivity contribution in [3.63, 3.8) is 0 Å². The maximum absolute atomic E-state index is 12.2. The Morgan fingerprint density at radius 3 is 2.77 bits per heavy atom. The van der Waals surface area contributed by atoms with Crippen LogP contribution in [0, 0.1) is 0 Å². The molecule has 1 saturated heterocycles. The monoisotopic (exact) mass is 343 g/mol. The van der Waals surface area contributed by atoms with Crippen molar-refractivity contribution >= 4 is 40.8 Å². The highest BCUT2D eigenvalue weighted by Gasteiger charge is 2.38. The lowest BCUT2D eigenvalue weighted by molar-refractivity contribution is -0.136. The van der Waals surface area contributed by atoms with Crippen molar-refractivity contribution in [1.82, 2.24) is 15.1 Å². The van der Waals surface area contributed by atoms with Crippen molar-refractivity contribution in [2.75, 3.05) is 13.6 Å². The molecule has 1 aliphatic rings. The summed E-state index contributed by atoms with van der Waals surface area (Å²) in [5.41, 5.74) is 0. The Morgan fingerprint density at radius 1 is 1.45 bits per heavy atom. The highest BCUT2D eigenvalue weighted by Crippen LogP contribution is 2.22. The average Bonchev–Trinajstić information content (AvgIpc) is 2.98. The number of likely N-dealkylation sites (N-methyl/N-ethyl adjacent to an activating group) is 1. The van der Waals surface area contributed by atoms with Crippen LogP contribution in [0.3, 0.4) is 0 Å². The van der Waals surface area contributed by atoms with Crippen LogP contribution < -0.4 is 5.32 Å². The van der Waals surface area contributed by atoms with Gasteiger partial charge < -0.3 is 10.2 Å². The highest BCUT2D eigenvalue weighted by molar-refractivity contribution is 7.16. The summed E-state index contributed by atoms with van der Waals surface area (Å²) in [6.07, 6.45) is 1.37. The van der Waals surface area contributed by atoms with Crippen LogP contribution in [0.25, 0.3) is 0 Å². The van der Waals surface area contributed by atoms with Gasteiger partial charge in [-0.2, -0.15) is 0 Å². The molecule has 1 aromatic heterocycles. The third-order valence-corrected chi connectivity index (χ3v) is 4.64. The molecule has 4 amide bonds. The zero-order chi connectivity index (χ0) is 16.3. The van der Waals surface area contributed by atoms with Crippen LogP contribution in [0.15, 0.2) is 12.1 Å². The number of halogens is 1. The van der Waals surface area contributed by atoms with E-state index in [0.29, 0.717) is 17.3 Å². The number of nitrogens with one attached hydrogen (secondary N) is 1. The van der Waals surface area contributed by atoms with Gasteiger partial charge in [0, 0.05) is 11.9 Å². The fourth-order valence-corrected chi connectivity index (χ4v) is 3.37. The van der Waals surface area contributed by atoms with E-state index in [1.165, 1.54) is 16.2 Å². The molecule has 0 bridgehead atoms. The van der Waals surface area contributed by atoms with Gasteiger partial charge in [0.2, 0.25) is 5.91 Å². The quantitative estimate of drug-likeness (QED) is 0.804. The van der Waals surface area contributed by atoms with Gasteiger partial charge >= 0.3 is 6.03 Å². The molecule has 120 valence electrons. The summed E-state index contributed by atoms with van der Waals surface area (Å²) in [4.78, 5) is 39.5. The minimum Gasteiger partial charge on any atom is -0.339 e. The van der Waals surface area contributed by atoms with E-state index in [1.807, 2.05) is 13.0 Å². The van der Waals surface area contributed by atoms with Crippen LogP contribution in [-0.4, -0.2) is 47.3 Å². The number of hydrogen-bond donors (Lipinski definition) is 1. The normalized spacial score (nSPS) is 17.8. The Labute approximate surface area is 138 Å². The largest absolute Gasteiger partial charge is 0.339 e. The molecule has 1 aliphatic heterocycles. The molecule has 0 aliphatic carbocycles. The second-order valence-corrected chi connectivity index (χ2v) is 6.97. The Morgan fingerprint density at radius 2 is 2.18 bits per heavy atom. The maximum Gasteiger partial charge on any atom is 0.325 e. The predicted octanol–water partition coefficient (Wildman–Crippen LogP) is 2.08. The van der Waals surface area contributed by atoms with Crippen molar-refractivity contribution in [3.05, 3.63) is 21.3 Å². The standard InChI is InChI=1S/C14H18ClN3O3S/c1-3-4-10-13(20)18(14(21)16-10)8-12(19)17(2)7-9-5-6-11(15)22-9/h5-6,10H,3-4,7-8H2,1-2H3,(H,16,21). The van der Waals surface area contributed by atoms with Crippen LogP contribution >= 0.6 is 22.9 Å². The number of urea groups is 1. The minimum atomic E-state index is -0.508. The van der Waals surface area contributed by atoms with Gasteiger partial charge in [-0.25, -0.2) is 4.79 Å². The molecule has 2 heterocycles. The Hall–Kier alpha value is -1.60. The number of nitrogens with zero attached hydrogens (tertiary/aromatic N) is 2. The van der Waals surface area contributed by atoms with Crippen LogP contribution in [0.4, 0.5) is 4.79 Å². The van der Waals surface area contributed by atoms with E-state index in [1.54, 1.807) is 13.1 Å². The second kappa shape index (κ2) is 7.11. The van der Waals surface area contributed by atoms with E-state index in [9.17, 15) is 14.4 Å². The summed E-state index contributed by atoms with van der Waals surface area (Å²) in [5, 5.41) is 2.60. The summed E-state index contributed by atoms with van der Waals surface area (Å²) < 4.78 is 0.660. The molecule has 0 aromatic carbocycles. The van der Waals surface area contributed by atoms with Gasteiger partial charge in [-0.05, 0) is 18.6 Å². The lowest BCUT2D eigenvalue weighted by atomic mass is 10.2. The molecule has 22 heavy (non-hydrogen) atoms. The van der Waals surface area contributed by atoms with E-state index < -0.39 is 12.1 Å². The third kappa shape index (κ3) is 3.78. The number of carbonyl (C=O) groups excluding carboxylic acids is 3. The lowest BCUT2D eigenvalue weighted by Crippen LogP contribution is -2.41. The van der Waals surface area contributed by atoms with Gasteiger partial charge in [-0.15, -0.1) is 11.3 Å². The molecular formula is C14H18ClN3O3S. The van der Waals surface area contributed by atoms with Crippen molar-refractivity contribution in [2.24, 2.45) is 0 Å². The van der Waals surface area contributed by atoms with Gasteiger partial charge in [-0.3, -0.25) is 14.5 Å². The molecular weight excluding hydrogens is 326 g/mol. The van der Waals surface area contributed by atoms with Gasteiger partial charge in [0.05, 0.1) is 10.9 Å². The molecule has 1 unspecified atom stereocenters. The van der Waals surface area contributed by atoms with Gasteiger partial charge in [-0.1, -0.05) is 24.9 Å². The van der Waals surface area contributed by atoms with Crippen molar-refractivity contribution in [2.45, 2.75) is 32.4 Å². The number of imide groups is 1. The number of rotatable bonds is 6. The summed E-state index contributed by atoms with van der Waals surface area (Å²) in [7, 11) is 1.64. The predicted molar refractivity (Wildman–Crippen MR) is 84.7 cm³/mol. The number of thiophene rings is 1. The Kier molecular flexibility index (Phi) is 5.42. The molecule has 1 atom stereocenters. The minimum absolute atomic E-state index is 0.236. The SMILES string of the molecule is CCCC1NC(=O)N(CC(=O)N(C)Cc2ccc(Cl)s2)C1=O. The Balaban J connectivity index is 1.93. The van der Waals surface area contributed by atoms with Gasteiger partial charge in [0.25, 0.3) is 5.91 Å². The zero-order valence-electron chi connectivity index (χ0n) is 12.5. The van der Waals surface area contributed by atoms with Crippen molar-refractivity contribution in [1.29, 1.82) is 0 Å². The van der Waals surface area contributed by atoms with Crippen molar-refractivity contribution < 1.29 is 14.4 Å². The Bertz CT molecular complexity index is 590. The molecule has 1 fully saturated rings. The van der Waals surface area contributed by atoms with E-state index in [0.717, 1.165) is 16.2 Å². The maximum atomic E-state index is 12.2. The number of amides is 4. The molecule has 0 radical (unpaired) electrons. The number of carbonyl (C=O) groups is 3. The first kappa shape index (κ1) is 16.8. The molecule has 0 saturated carbocycles. The first-order valence-corrected chi connectivity index (χ1v) is 8.22. The van der Waals surface area contributed by atoms with E-state index >= 15 is 0 Å². The summed E-state index contributed by atoms with van der Waals surface area (Å²) in [6.45, 7) is 2.10. The molecule has 1 aromatic rings. The number of hydrogen-bond acceptors (Lipinski definition) is 4. The fraction of sp³-hybridized carbons (Fsp3) is 0.500. The van der Waals surface area contributed by atoms with Gasteiger partial charge in [0.1, 0.15) is 12.6 Å². The topological polar surface area (TPSA) is 69.7 Å². The van der Waals surface area contributed by atoms with Crippen LogP contribution in [0.1, 0.15) is 24.6 Å². The van der Waals surface area contributed by atoms with E-state index in [2.05, 4.69) is 5.32 Å². The molecule has 8 heteroatoms. The lowest BCUT2D eigenvalue weighted by Gasteiger charge is -2.19. The van der Waals surface area contributed by atoms with Crippen LogP contribution in [-0.2, 0) is 16.1 Å². The van der Waals surface area contributed by atoms with Crippen LogP contribution in [0.2, 0.25) is 4.34 Å². The first-order chi connectivity index (χ1) is 10.4. The van der Waals surface area contributed by atoms with E-state index in [-0.39, 0.29) is 18.4 Å². The highest BCUT2D eigenvalue weighted by atomic mass is 35.5. The third-order valence-electron chi connectivity index (χ3n) is 3.43.